The van der Waals surface area contributed by atoms with Crippen LogP contribution in [-0.4, -0.2) is 0 Å². The number of hydrogen-bond acceptors (Lipinski definition) is 1. The molecule has 0 unspecified atom stereocenters. The first-order valence-electron chi connectivity index (χ1n) is 11.3. The Morgan fingerprint density at radius 1 is 0.516 bits per heavy atom. The lowest BCUT2D eigenvalue weighted by atomic mass is 9.60. The van der Waals surface area contributed by atoms with Crippen LogP contribution < -0.4 is 4.90 Å². The van der Waals surface area contributed by atoms with Crippen molar-refractivity contribution in [3.05, 3.63) is 85.4 Å². The van der Waals surface area contributed by atoms with Crippen LogP contribution in [0.3, 0.4) is 0 Å². The molecular formula is C29H30BrN. The maximum absolute atomic E-state index is 3.86. The molecule has 0 bridgehead atoms. The number of benzene rings is 3. The smallest absolute Gasteiger partial charge is 0.0544 e. The molecule has 0 aliphatic carbocycles. The fraction of sp³-hybridized carbons (Fsp3) is 0.379. The maximum Gasteiger partial charge on any atom is 0.0544 e. The molecule has 2 heteroatoms. The van der Waals surface area contributed by atoms with Gasteiger partial charge >= 0.3 is 0 Å². The van der Waals surface area contributed by atoms with Crippen LogP contribution in [0.4, 0.5) is 17.1 Å². The van der Waals surface area contributed by atoms with Gasteiger partial charge in [-0.3, -0.25) is 0 Å². The molecule has 0 saturated heterocycles. The first-order valence-corrected chi connectivity index (χ1v) is 12.1. The number of anilines is 3. The van der Waals surface area contributed by atoms with Crippen molar-refractivity contribution < 1.29 is 0 Å². The molecule has 0 spiro atoms. The third-order valence-electron chi connectivity index (χ3n) is 8.29. The summed E-state index contributed by atoms with van der Waals surface area (Å²) in [6, 6.07) is 14.4. The molecule has 0 saturated carbocycles. The monoisotopic (exact) mass is 471 g/mol. The van der Waals surface area contributed by atoms with Gasteiger partial charge in [-0.25, -0.2) is 0 Å². The van der Waals surface area contributed by atoms with Gasteiger partial charge in [-0.2, -0.15) is 0 Å². The van der Waals surface area contributed by atoms with E-state index in [0.29, 0.717) is 0 Å². The van der Waals surface area contributed by atoms with Crippen LogP contribution in [0.2, 0.25) is 0 Å². The minimum atomic E-state index is -0.0632. The van der Waals surface area contributed by atoms with E-state index in [9.17, 15) is 0 Å². The SMILES string of the molecule is Cc1cc2c3c(c1)C(C)(C)c1cc(Br)cc4c1N3c1c(cc(C)cc1C4(C)C)C2(C)C. The molecule has 0 atom stereocenters. The lowest BCUT2D eigenvalue weighted by Crippen LogP contribution is -2.43. The van der Waals surface area contributed by atoms with Gasteiger partial charge in [-0.1, -0.05) is 92.9 Å². The second-order valence-corrected chi connectivity index (χ2v) is 12.4. The molecule has 0 fully saturated rings. The Hall–Kier alpha value is -2.06. The number of nitrogens with zero attached hydrogens (tertiary/aromatic N) is 1. The average Bonchev–Trinajstić information content (AvgIpc) is 2.66. The molecule has 6 rings (SSSR count). The fourth-order valence-corrected chi connectivity index (χ4v) is 6.97. The normalized spacial score (nSPS) is 19.8. The Bertz CT molecular complexity index is 1090. The Morgan fingerprint density at radius 2 is 0.774 bits per heavy atom. The van der Waals surface area contributed by atoms with Gasteiger partial charge in [0.25, 0.3) is 0 Å². The van der Waals surface area contributed by atoms with Crippen LogP contribution in [0.15, 0.2) is 40.9 Å². The third-order valence-corrected chi connectivity index (χ3v) is 8.75. The summed E-state index contributed by atoms with van der Waals surface area (Å²) in [7, 11) is 0. The zero-order chi connectivity index (χ0) is 22.2. The summed E-state index contributed by atoms with van der Waals surface area (Å²) >= 11 is 3.86. The molecule has 0 radical (unpaired) electrons. The van der Waals surface area contributed by atoms with Gasteiger partial charge in [0, 0.05) is 20.7 Å². The summed E-state index contributed by atoms with van der Waals surface area (Å²) in [6.45, 7) is 19.0. The van der Waals surface area contributed by atoms with Crippen molar-refractivity contribution in [2.75, 3.05) is 4.90 Å². The van der Waals surface area contributed by atoms with E-state index in [4.69, 9.17) is 0 Å². The number of halogens is 1. The summed E-state index contributed by atoms with van der Waals surface area (Å²) in [5, 5.41) is 0. The highest BCUT2D eigenvalue weighted by atomic mass is 79.9. The van der Waals surface area contributed by atoms with E-state index in [2.05, 4.69) is 113 Å². The summed E-state index contributed by atoms with van der Waals surface area (Å²) in [6.07, 6.45) is 0. The molecule has 3 aliphatic heterocycles. The zero-order valence-electron chi connectivity index (χ0n) is 19.8. The lowest BCUT2D eigenvalue weighted by Gasteiger charge is -2.55. The van der Waals surface area contributed by atoms with Crippen molar-refractivity contribution in [2.24, 2.45) is 0 Å². The van der Waals surface area contributed by atoms with E-state index < -0.39 is 0 Å². The van der Waals surface area contributed by atoms with Crippen molar-refractivity contribution in [3.8, 4) is 0 Å². The molecule has 31 heavy (non-hydrogen) atoms. The van der Waals surface area contributed by atoms with Crippen LogP contribution in [-0.2, 0) is 16.2 Å². The molecular weight excluding hydrogens is 442 g/mol. The van der Waals surface area contributed by atoms with Crippen LogP contribution in [0.1, 0.15) is 86.1 Å². The van der Waals surface area contributed by atoms with Gasteiger partial charge in [0.15, 0.2) is 0 Å². The third kappa shape index (κ3) is 2.13. The number of rotatable bonds is 0. The molecule has 3 heterocycles. The molecule has 3 aromatic rings. The summed E-state index contributed by atoms with van der Waals surface area (Å²) in [5.41, 5.74) is 15.4. The van der Waals surface area contributed by atoms with Crippen molar-refractivity contribution in [1.82, 2.24) is 0 Å². The highest BCUT2D eigenvalue weighted by molar-refractivity contribution is 9.10. The number of hydrogen-bond donors (Lipinski definition) is 0. The van der Waals surface area contributed by atoms with Gasteiger partial charge < -0.3 is 4.90 Å². The second-order valence-electron chi connectivity index (χ2n) is 11.5. The second kappa shape index (κ2) is 5.46. The van der Waals surface area contributed by atoms with E-state index in [1.807, 2.05) is 0 Å². The van der Waals surface area contributed by atoms with E-state index in [-0.39, 0.29) is 16.2 Å². The first-order chi connectivity index (χ1) is 14.4. The quantitative estimate of drug-likeness (QED) is 0.317. The first kappa shape index (κ1) is 19.6. The summed E-state index contributed by atoms with van der Waals surface area (Å²) in [5.74, 6) is 0. The average molecular weight is 472 g/mol. The summed E-state index contributed by atoms with van der Waals surface area (Å²) in [4.78, 5) is 2.63. The predicted octanol–water partition coefficient (Wildman–Crippen LogP) is 8.45. The van der Waals surface area contributed by atoms with Crippen LogP contribution >= 0.6 is 15.9 Å². The summed E-state index contributed by atoms with van der Waals surface area (Å²) < 4.78 is 1.17. The van der Waals surface area contributed by atoms with Gasteiger partial charge in [0.05, 0.1) is 17.1 Å². The Balaban J connectivity index is 1.91. The molecule has 1 nitrogen and oxygen atoms in total. The van der Waals surface area contributed by atoms with Crippen molar-refractivity contribution in [2.45, 2.75) is 71.6 Å². The molecule has 3 aromatic carbocycles. The molecule has 0 aromatic heterocycles. The van der Waals surface area contributed by atoms with Crippen molar-refractivity contribution in [1.29, 1.82) is 0 Å². The molecule has 0 N–H and O–H groups in total. The zero-order valence-corrected chi connectivity index (χ0v) is 21.4. The van der Waals surface area contributed by atoms with Gasteiger partial charge in [-0.15, -0.1) is 0 Å². The Kier molecular flexibility index (Phi) is 3.45. The van der Waals surface area contributed by atoms with E-state index in [1.165, 1.54) is 66.0 Å². The largest absolute Gasteiger partial charge is 0.309 e. The lowest BCUT2D eigenvalue weighted by molar-refractivity contribution is 0.565. The van der Waals surface area contributed by atoms with Crippen molar-refractivity contribution >= 4 is 33.0 Å². The van der Waals surface area contributed by atoms with E-state index in [1.54, 1.807) is 0 Å². The standard InChI is InChI=1S/C29H30BrN/c1-15-9-18-24-20(11-15)28(5,6)22-13-17(30)14-23-26(22)31(24)25-19(27(18,3)4)10-16(2)12-21(25)29(23,7)8/h9-14H,1-8H3. The van der Waals surface area contributed by atoms with Crippen LogP contribution in [0, 0.1) is 13.8 Å². The topological polar surface area (TPSA) is 3.24 Å². The fourth-order valence-electron chi connectivity index (χ4n) is 6.51. The molecule has 158 valence electrons. The van der Waals surface area contributed by atoms with Gasteiger partial charge in [0.1, 0.15) is 0 Å². The molecule has 3 aliphatic rings. The molecule has 0 amide bonds. The van der Waals surface area contributed by atoms with Crippen LogP contribution in [0.25, 0.3) is 0 Å². The maximum atomic E-state index is 3.86. The predicted molar refractivity (Wildman–Crippen MR) is 135 cm³/mol. The minimum absolute atomic E-state index is 0.0424. The minimum Gasteiger partial charge on any atom is -0.309 e. The highest BCUT2D eigenvalue weighted by Crippen LogP contribution is 2.66. The van der Waals surface area contributed by atoms with Gasteiger partial charge in [-0.05, 0) is 59.4 Å². The van der Waals surface area contributed by atoms with Crippen LogP contribution in [0.5, 0.6) is 0 Å². The highest BCUT2D eigenvalue weighted by Gasteiger charge is 2.51. The Labute approximate surface area is 194 Å². The van der Waals surface area contributed by atoms with E-state index >= 15 is 0 Å². The van der Waals surface area contributed by atoms with E-state index in [0.717, 1.165) is 0 Å². The van der Waals surface area contributed by atoms with Crippen molar-refractivity contribution in [3.63, 3.8) is 0 Å². The Morgan fingerprint density at radius 3 is 1.06 bits per heavy atom. The van der Waals surface area contributed by atoms with Gasteiger partial charge in [0.2, 0.25) is 0 Å². The number of aryl methyl sites for hydroxylation is 2.